The highest BCUT2D eigenvalue weighted by atomic mass is 79.9. The van der Waals surface area contributed by atoms with Crippen LogP contribution >= 0.6 is 27.3 Å². The van der Waals surface area contributed by atoms with Gasteiger partial charge in [0, 0.05) is 15.4 Å². The first-order valence-electron chi connectivity index (χ1n) is 7.65. The summed E-state index contributed by atoms with van der Waals surface area (Å²) >= 11 is 4.78. The third-order valence-electron chi connectivity index (χ3n) is 3.35. The number of nitrogens with one attached hydrogen (secondary N) is 1. The number of carbonyl (C=O) groups is 1. The van der Waals surface area contributed by atoms with Gasteiger partial charge >= 0.3 is 6.36 Å². The lowest BCUT2D eigenvalue weighted by Gasteiger charge is -2.13. The summed E-state index contributed by atoms with van der Waals surface area (Å²) in [6.07, 6.45) is -4.90. The number of rotatable bonds is 5. The maximum atomic E-state index is 12.5. The molecule has 9 heteroatoms. The molecule has 0 spiro atoms. The van der Waals surface area contributed by atoms with E-state index in [-0.39, 0.29) is 12.1 Å². The number of alkyl halides is 3. The number of thiazole rings is 1. The van der Waals surface area contributed by atoms with Crippen molar-refractivity contribution in [2.24, 2.45) is 0 Å². The van der Waals surface area contributed by atoms with Crippen molar-refractivity contribution >= 4 is 38.9 Å². The summed E-state index contributed by atoms with van der Waals surface area (Å²) in [6.45, 7) is 0. The minimum atomic E-state index is -4.84. The molecule has 0 bridgehead atoms. The molecule has 2 aromatic carbocycles. The average Bonchev–Trinajstić information content (AvgIpc) is 3.04. The van der Waals surface area contributed by atoms with E-state index in [1.165, 1.54) is 29.5 Å². The van der Waals surface area contributed by atoms with Crippen LogP contribution in [0.15, 0.2) is 58.4 Å². The Morgan fingerprint density at radius 1 is 1.19 bits per heavy atom. The summed E-state index contributed by atoms with van der Waals surface area (Å²) < 4.78 is 42.2. The largest absolute Gasteiger partial charge is 0.573 e. The van der Waals surface area contributed by atoms with E-state index in [0.29, 0.717) is 5.69 Å². The maximum absolute atomic E-state index is 12.5. The van der Waals surface area contributed by atoms with Crippen LogP contribution in [0.4, 0.5) is 18.9 Å². The van der Waals surface area contributed by atoms with Gasteiger partial charge in [-0.3, -0.25) is 4.79 Å². The predicted octanol–water partition coefficient (Wildman–Crippen LogP) is 5.65. The molecule has 1 aromatic heterocycles. The van der Waals surface area contributed by atoms with Crippen LogP contribution in [0.2, 0.25) is 0 Å². The van der Waals surface area contributed by atoms with Crippen molar-refractivity contribution in [3.8, 4) is 16.3 Å². The van der Waals surface area contributed by atoms with Crippen LogP contribution in [0.3, 0.4) is 0 Å². The van der Waals surface area contributed by atoms with Gasteiger partial charge in [0.1, 0.15) is 5.01 Å². The Balaban J connectivity index is 1.69. The molecule has 3 rings (SSSR count). The first kappa shape index (κ1) is 19.4. The normalized spacial score (nSPS) is 11.3. The lowest BCUT2D eigenvalue weighted by Crippen LogP contribution is -2.20. The molecule has 0 radical (unpaired) electrons. The number of nitrogens with zero attached hydrogens (tertiary/aromatic N) is 1. The SMILES string of the molecule is O=C(Cc1csc(-c2cccc(Br)c2)n1)Nc1ccccc1OC(F)(F)F. The van der Waals surface area contributed by atoms with Crippen LogP contribution in [0.25, 0.3) is 10.6 Å². The molecule has 4 nitrogen and oxygen atoms in total. The predicted molar refractivity (Wildman–Crippen MR) is 101 cm³/mol. The fourth-order valence-corrected chi connectivity index (χ4v) is 3.50. The number of benzene rings is 2. The summed E-state index contributed by atoms with van der Waals surface area (Å²) in [5.41, 5.74) is 1.38. The third kappa shape index (κ3) is 5.54. The summed E-state index contributed by atoms with van der Waals surface area (Å²) in [7, 11) is 0. The van der Waals surface area contributed by atoms with Crippen LogP contribution in [0.1, 0.15) is 5.69 Å². The second-order valence-corrected chi connectivity index (χ2v) is 7.20. The average molecular weight is 457 g/mol. The molecular weight excluding hydrogens is 445 g/mol. The van der Waals surface area contributed by atoms with Crippen LogP contribution in [-0.4, -0.2) is 17.3 Å². The monoisotopic (exact) mass is 456 g/mol. The third-order valence-corrected chi connectivity index (χ3v) is 4.79. The van der Waals surface area contributed by atoms with Gasteiger partial charge in [-0.1, -0.05) is 40.2 Å². The van der Waals surface area contributed by atoms with Crippen molar-refractivity contribution in [3.05, 3.63) is 64.1 Å². The van der Waals surface area contributed by atoms with E-state index in [2.05, 4.69) is 31.0 Å². The van der Waals surface area contributed by atoms with E-state index in [9.17, 15) is 18.0 Å². The van der Waals surface area contributed by atoms with Crippen molar-refractivity contribution in [1.29, 1.82) is 0 Å². The quantitative estimate of drug-likeness (QED) is 0.539. The van der Waals surface area contributed by atoms with Crippen molar-refractivity contribution in [3.63, 3.8) is 0 Å². The first-order chi connectivity index (χ1) is 12.8. The van der Waals surface area contributed by atoms with Crippen molar-refractivity contribution in [2.45, 2.75) is 12.8 Å². The second-order valence-electron chi connectivity index (χ2n) is 5.42. The molecule has 0 aliphatic heterocycles. The van der Waals surface area contributed by atoms with Gasteiger partial charge in [0.25, 0.3) is 0 Å². The molecule has 1 heterocycles. The fourth-order valence-electron chi connectivity index (χ4n) is 2.28. The molecule has 140 valence electrons. The van der Waals surface area contributed by atoms with E-state index in [4.69, 9.17) is 0 Å². The van der Waals surface area contributed by atoms with Crippen molar-refractivity contribution < 1.29 is 22.7 Å². The number of carbonyl (C=O) groups excluding carboxylic acids is 1. The van der Waals surface area contributed by atoms with E-state index in [1.807, 2.05) is 24.3 Å². The summed E-state index contributed by atoms with van der Waals surface area (Å²) in [6, 6.07) is 13.0. The number of amides is 1. The first-order valence-corrected chi connectivity index (χ1v) is 9.32. The molecule has 0 aliphatic rings. The van der Waals surface area contributed by atoms with E-state index in [1.54, 1.807) is 5.38 Å². The molecule has 27 heavy (non-hydrogen) atoms. The number of anilines is 1. The minimum absolute atomic E-state index is 0.0535. The van der Waals surface area contributed by atoms with Gasteiger partial charge < -0.3 is 10.1 Å². The summed E-state index contributed by atoms with van der Waals surface area (Å²) in [5.74, 6) is -0.953. The topological polar surface area (TPSA) is 51.2 Å². The lowest BCUT2D eigenvalue weighted by molar-refractivity contribution is -0.274. The summed E-state index contributed by atoms with van der Waals surface area (Å²) in [5, 5.41) is 4.93. The van der Waals surface area contributed by atoms with Crippen LogP contribution in [-0.2, 0) is 11.2 Å². The Morgan fingerprint density at radius 3 is 2.70 bits per heavy atom. The van der Waals surface area contributed by atoms with Gasteiger partial charge in [0.05, 0.1) is 17.8 Å². The van der Waals surface area contributed by atoms with Crippen LogP contribution < -0.4 is 10.1 Å². The van der Waals surface area contributed by atoms with Gasteiger partial charge in [-0.05, 0) is 24.3 Å². The van der Waals surface area contributed by atoms with Crippen molar-refractivity contribution in [1.82, 2.24) is 4.98 Å². The molecule has 0 saturated heterocycles. The zero-order valence-electron chi connectivity index (χ0n) is 13.6. The highest BCUT2D eigenvalue weighted by Crippen LogP contribution is 2.30. The van der Waals surface area contributed by atoms with Crippen molar-refractivity contribution in [2.75, 3.05) is 5.32 Å². The van der Waals surface area contributed by atoms with Crippen LogP contribution in [0.5, 0.6) is 5.75 Å². The number of halogens is 4. The molecule has 0 saturated carbocycles. The molecule has 0 fully saturated rings. The fraction of sp³-hybridized carbons (Fsp3) is 0.111. The van der Waals surface area contributed by atoms with Gasteiger partial charge in [0.2, 0.25) is 5.91 Å². The molecule has 0 aliphatic carbocycles. The Morgan fingerprint density at radius 2 is 1.96 bits per heavy atom. The van der Waals surface area contributed by atoms with Gasteiger partial charge in [-0.15, -0.1) is 24.5 Å². The van der Waals surface area contributed by atoms with Gasteiger partial charge in [-0.25, -0.2) is 4.98 Å². The highest BCUT2D eigenvalue weighted by molar-refractivity contribution is 9.10. The Bertz CT molecular complexity index is 960. The highest BCUT2D eigenvalue weighted by Gasteiger charge is 2.32. The Kier molecular flexibility index (Phi) is 5.81. The Hall–Kier alpha value is -2.39. The number of para-hydroxylation sites is 2. The second kappa shape index (κ2) is 8.10. The number of hydrogen-bond acceptors (Lipinski definition) is 4. The zero-order chi connectivity index (χ0) is 19.4. The van der Waals surface area contributed by atoms with Crippen LogP contribution in [0, 0.1) is 0 Å². The number of hydrogen-bond donors (Lipinski definition) is 1. The van der Waals surface area contributed by atoms with Gasteiger partial charge in [0.15, 0.2) is 5.75 Å². The lowest BCUT2D eigenvalue weighted by atomic mass is 10.2. The molecular formula is C18H12BrF3N2O2S. The standard InChI is InChI=1S/C18H12BrF3N2O2S/c19-12-5-3-4-11(8-12)17-23-13(10-27-17)9-16(25)24-14-6-1-2-7-15(14)26-18(20,21)22/h1-8,10H,9H2,(H,24,25). The van der Waals surface area contributed by atoms with E-state index in [0.717, 1.165) is 21.1 Å². The maximum Gasteiger partial charge on any atom is 0.573 e. The minimum Gasteiger partial charge on any atom is -0.404 e. The Labute approximate surface area is 165 Å². The van der Waals surface area contributed by atoms with E-state index >= 15 is 0 Å². The molecule has 1 N–H and O–H groups in total. The zero-order valence-corrected chi connectivity index (χ0v) is 16.0. The van der Waals surface area contributed by atoms with Gasteiger partial charge in [-0.2, -0.15) is 0 Å². The number of aromatic nitrogens is 1. The molecule has 3 aromatic rings. The number of ether oxygens (including phenoxy) is 1. The smallest absolute Gasteiger partial charge is 0.404 e. The molecule has 0 unspecified atom stereocenters. The van der Waals surface area contributed by atoms with E-state index < -0.39 is 18.0 Å². The molecule has 1 amide bonds. The summed E-state index contributed by atoms with van der Waals surface area (Å²) in [4.78, 5) is 16.6. The molecule has 0 atom stereocenters.